The third kappa shape index (κ3) is 11.9. The predicted molar refractivity (Wildman–Crippen MR) is 69.6 cm³/mol. The van der Waals surface area contributed by atoms with Gasteiger partial charge in [0.15, 0.2) is 0 Å². The topological polar surface area (TPSA) is 9.23 Å². The van der Waals surface area contributed by atoms with Gasteiger partial charge in [-0.2, -0.15) is 0 Å². The average Bonchev–Trinajstić information content (AvgIpc) is 1.80. The molecule has 3 atom stereocenters. The van der Waals surface area contributed by atoms with Crippen LogP contribution in [0.15, 0.2) is 0 Å². The first-order valence-electron chi connectivity index (χ1n) is 4.71. The molecule has 1 aliphatic heterocycles. The normalized spacial score (nSPS) is 31.4. The second-order valence-electron chi connectivity index (χ2n) is 4.00. The predicted octanol–water partition coefficient (Wildman–Crippen LogP) is 2.61. The Labute approximate surface area is 117 Å². The van der Waals surface area contributed by atoms with Crippen molar-refractivity contribution in [1.82, 2.24) is 0 Å². The number of hydrogen-bond acceptors (Lipinski definition) is 1. The fraction of sp³-hybridized carbons (Fsp3) is 0.800. The van der Waals surface area contributed by atoms with Crippen LogP contribution in [0.1, 0.15) is 6.92 Å². The zero-order chi connectivity index (χ0) is 10.4. The molecule has 1 radical (unpaired) electrons. The molecule has 14 heavy (non-hydrogen) atoms. The summed E-state index contributed by atoms with van der Waals surface area (Å²) in [6, 6.07) is 0. The maximum atomic E-state index is 5.46. The molecule has 4 heteroatoms. The molecular formula is C10H23OP2Y-. The van der Waals surface area contributed by atoms with E-state index in [1.807, 2.05) is 0 Å². The van der Waals surface area contributed by atoms with Gasteiger partial charge in [-0.1, -0.05) is 6.10 Å². The minimum Gasteiger partial charge on any atom is -0.407 e. The molecule has 0 N–H and O–H groups in total. The first kappa shape index (κ1) is 18.2. The van der Waals surface area contributed by atoms with E-state index in [2.05, 4.69) is 40.1 Å². The van der Waals surface area contributed by atoms with Crippen molar-refractivity contribution in [2.24, 2.45) is 0 Å². The van der Waals surface area contributed by atoms with Crippen LogP contribution in [0.25, 0.3) is 0 Å². The molecule has 0 saturated carbocycles. The van der Waals surface area contributed by atoms with E-state index in [0.717, 1.165) is 0 Å². The third-order valence-corrected chi connectivity index (χ3v) is 3.68. The molecule has 1 heterocycles. The van der Waals surface area contributed by atoms with E-state index >= 15 is 0 Å². The summed E-state index contributed by atoms with van der Waals surface area (Å²) in [4.78, 5) is 0. The van der Waals surface area contributed by atoms with Crippen molar-refractivity contribution < 1.29 is 37.4 Å². The van der Waals surface area contributed by atoms with Crippen molar-refractivity contribution in [3.63, 3.8) is 0 Å². The Morgan fingerprint density at radius 3 is 2.14 bits per heavy atom. The van der Waals surface area contributed by atoms with Gasteiger partial charge in [0.1, 0.15) is 0 Å². The van der Waals surface area contributed by atoms with Crippen LogP contribution in [0.5, 0.6) is 0 Å². The Bertz CT molecular complexity index is 135. The Morgan fingerprint density at radius 1 is 1.43 bits per heavy atom. The quantitative estimate of drug-likeness (QED) is 0.494. The molecule has 0 amide bonds. The van der Waals surface area contributed by atoms with Crippen molar-refractivity contribution in [2.45, 2.75) is 19.1 Å². The summed E-state index contributed by atoms with van der Waals surface area (Å²) in [5.74, 6) is 0. The van der Waals surface area contributed by atoms with Crippen LogP contribution in [-0.4, -0.2) is 50.8 Å². The Hall–Kier alpha value is 1.79. The smallest absolute Gasteiger partial charge is 0.0554 e. The average molecular weight is 310 g/mol. The van der Waals surface area contributed by atoms with E-state index in [1.54, 1.807) is 0 Å². The van der Waals surface area contributed by atoms with E-state index in [1.165, 1.54) is 12.3 Å². The van der Waals surface area contributed by atoms with Crippen molar-refractivity contribution in [1.29, 1.82) is 0 Å². The molecule has 1 aliphatic rings. The van der Waals surface area contributed by atoms with Gasteiger partial charge < -0.3 is 11.7 Å². The van der Waals surface area contributed by atoms with Gasteiger partial charge in [0, 0.05) is 32.7 Å². The largest absolute Gasteiger partial charge is 0.407 e. The number of ether oxygens (including phenoxy) is 1. The molecule has 1 saturated heterocycles. The summed E-state index contributed by atoms with van der Waals surface area (Å²) >= 11 is 0. The second kappa shape index (κ2) is 9.98. The van der Waals surface area contributed by atoms with Crippen LogP contribution in [0.4, 0.5) is 0 Å². The van der Waals surface area contributed by atoms with Crippen LogP contribution < -0.4 is 0 Å². The van der Waals surface area contributed by atoms with Gasteiger partial charge in [-0.3, -0.25) is 0 Å². The maximum Gasteiger partial charge on any atom is 0.0554 e. The van der Waals surface area contributed by atoms with Crippen molar-refractivity contribution in [3.8, 4) is 0 Å². The number of rotatable bonds is 0. The summed E-state index contributed by atoms with van der Waals surface area (Å²) < 4.78 is 5.46. The Balaban J connectivity index is 0. The molecule has 83 valence electrons. The van der Waals surface area contributed by atoms with E-state index in [9.17, 15) is 0 Å². The molecule has 0 spiro atoms. The van der Waals surface area contributed by atoms with Crippen LogP contribution in [0.2, 0.25) is 0 Å². The fourth-order valence-corrected chi connectivity index (χ4v) is 3.17. The third-order valence-electron chi connectivity index (χ3n) is 1.51. The Morgan fingerprint density at radius 2 is 1.86 bits per heavy atom. The molecule has 0 aromatic heterocycles. The van der Waals surface area contributed by atoms with Crippen molar-refractivity contribution in [3.05, 3.63) is 6.92 Å². The standard InChI is InChI=1S/C7H14OP.C3H9P.Y/c1-6-4-9(3)5-7(2)8-6;1-4(2)3;/h6-7H,1,4-5H2,2-3H3;4H,1H2,2-3H3;/q-1;;. The molecule has 1 rings (SSSR count). The minimum absolute atomic E-state index is 0. The minimum atomic E-state index is -0.130. The molecular weight excluding hydrogens is 287 g/mol. The number of hydrogen-bond donors (Lipinski definition) is 0. The monoisotopic (exact) mass is 310 g/mol. The van der Waals surface area contributed by atoms with Gasteiger partial charge in [0.2, 0.25) is 0 Å². The molecule has 3 unspecified atom stereocenters. The summed E-state index contributed by atoms with van der Waals surface area (Å²) in [5.41, 5.74) is 0. The molecule has 0 aromatic rings. The fourth-order valence-electron chi connectivity index (χ4n) is 1.28. The van der Waals surface area contributed by atoms with Gasteiger partial charge in [-0.05, 0) is 39.2 Å². The summed E-state index contributed by atoms with van der Waals surface area (Å²) in [7, 11) is 0.113. The van der Waals surface area contributed by atoms with Gasteiger partial charge in [0.25, 0.3) is 0 Å². The maximum absolute atomic E-state index is 5.46. The molecule has 0 bridgehead atoms. The summed E-state index contributed by atoms with van der Waals surface area (Å²) in [6.07, 6.45) is 6.92. The second-order valence-corrected chi connectivity index (χ2v) is 8.85. The molecule has 0 aliphatic carbocycles. The summed E-state index contributed by atoms with van der Waals surface area (Å²) in [5, 5.41) is 0. The zero-order valence-electron chi connectivity index (χ0n) is 9.92. The first-order chi connectivity index (χ1) is 5.91. The van der Waals surface area contributed by atoms with Crippen molar-refractivity contribution in [2.75, 3.05) is 32.3 Å². The Kier molecular flexibility index (Phi) is 13.0. The van der Waals surface area contributed by atoms with Crippen LogP contribution >= 0.6 is 15.5 Å². The van der Waals surface area contributed by atoms with Gasteiger partial charge in [-0.25, -0.2) is 0 Å². The van der Waals surface area contributed by atoms with E-state index in [4.69, 9.17) is 4.74 Å². The van der Waals surface area contributed by atoms with E-state index in [-0.39, 0.29) is 54.3 Å². The van der Waals surface area contributed by atoms with Crippen molar-refractivity contribution >= 4 is 21.8 Å². The van der Waals surface area contributed by atoms with Crippen LogP contribution in [-0.2, 0) is 37.4 Å². The van der Waals surface area contributed by atoms with E-state index in [0.29, 0.717) is 6.10 Å². The molecule has 1 nitrogen and oxygen atoms in total. The molecule has 1 fully saturated rings. The first-order valence-corrected chi connectivity index (χ1v) is 9.57. The zero-order valence-corrected chi connectivity index (χ0v) is 14.6. The van der Waals surface area contributed by atoms with Gasteiger partial charge in [0.05, 0.1) is 6.10 Å². The van der Waals surface area contributed by atoms with Crippen LogP contribution in [0.3, 0.4) is 0 Å². The van der Waals surface area contributed by atoms with Gasteiger partial charge >= 0.3 is 0 Å². The van der Waals surface area contributed by atoms with Crippen LogP contribution in [0, 0.1) is 6.92 Å². The van der Waals surface area contributed by atoms with E-state index < -0.39 is 0 Å². The summed E-state index contributed by atoms with van der Waals surface area (Å²) in [6.45, 7) is 12.7. The van der Waals surface area contributed by atoms with Gasteiger partial charge in [-0.15, -0.1) is 21.8 Å². The SMILES string of the molecule is C=[PH](C)C.[CH2-]C1CP(C)CC(C)O1.[Y]. The molecule has 0 aromatic carbocycles.